The van der Waals surface area contributed by atoms with Crippen LogP contribution in [-0.4, -0.2) is 17.5 Å². The molecule has 2 nitrogen and oxygen atoms in total. The zero-order valence-electron chi connectivity index (χ0n) is 10.9. The molecular formula is C14H24N2. The molecule has 0 aliphatic carbocycles. The highest BCUT2D eigenvalue weighted by Crippen LogP contribution is 2.23. The second-order valence-corrected chi connectivity index (χ2v) is 4.67. The molecule has 2 N–H and O–H groups in total. The summed E-state index contributed by atoms with van der Waals surface area (Å²) in [7, 11) is 0. The van der Waals surface area contributed by atoms with E-state index in [2.05, 4.69) is 44.7 Å². The zero-order chi connectivity index (χ0) is 12.1. The van der Waals surface area contributed by atoms with E-state index >= 15 is 0 Å². The van der Waals surface area contributed by atoms with E-state index in [1.54, 1.807) is 0 Å². The number of rotatable bonds is 5. The summed E-state index contributed by atoms with van der Waals surface area (Å²) in [5.41, 5.74) is 7.89. The monoisotopic (exact) mass is 220 g/mol. The Morgan fingerprint density at radius 2 is 1.69 bits per heavy atom. The molecule has 0 fully saturated rings. The maximum atomic E-state index is 5.71. The van der Waals surface area contributed by atoms with Gasteiger partial charge in [0.15, 0.2) is 0 Å². The second kappa shape index (κ2) is 5.90. The third kappa shape index (κ3) is 3.24. The SMILES string of the molecule is CCCN(C(C)C)C(C)c1ccc(N)cc1. The molecule has 0 heterocycles. The van der Waals surface area contributed by atoms with Gasteiger partial charge < -0.3 is 5.73 Å². The largest absolute Gasteiger partial charge is 0.399 e. The van der Waals surface area contributed by atoms with Crippen LogP contribution in [0.5, 0.6) is 0 Å². The molecule has 2 heteroatoms. The molecular weight excluding hydrogens is 196 g/mol. The Morgan fingerprint density at radius 3 is 2.12 bits per heavy atom. The van der Waals surface area contributed by atoms with Crippen LogP contribution in [-0.2, 0) is 0 Å². The van der Waals surface area contributed by atoms with Gasteiger partial charge in [0.2, 0.25) is 0 Å². The van der Waals surface area contributed by atoms with Gasteiger partial charge in [-0.25, -0.2) is 0 Å². The van der Waals surface area contributed by atoms with E-state index in [9.17, 15) is 0 Å². The quantitative estimate of drug-likeness (QED) is 0.770. The lowest BCUT2D eigenvalue weighted by atomic mass is 10.0. The van der Waals surface area contributed by atoms with E-state index in [4.69, 9.17) is 5.73 Å². The molecule has 0 aliphatic heterocycles. The van der Waals surface area contributed by atoms with E-state index in [0.717, 1.165) is 12.2 Å². The second-order valence-electron chi connectivity index (χ2n) is 4.67. The molecule has 1 unspecified atom stereocenters. The number of anilines is 1. The number of nitrogen functional groups attached to an aromatic ring is 1. The average Bonchev–Trinajstić information content (AvgIpc) is 2.25. The van der Waals surface area contributed by atoms with E-state index in [1.807, 2.05) is 12.1 Å². The molecule has 0 aromatic heterocycles. The standard InChI is InChI=1S/C14H24N2/c1-5-10-16(11(2)3)12(4)13-6-8-14(15)9-7-13/h6-9,11-12H,5,10,15H2,1-4H3. The van der Waals surface area contributed by atoms with Crippen molar-refractivity contribution in [2.75, 3.05) is 12.3 Å². The molecule has 0 radical (unpaired) electrons. The fourth-order valence-corrected chi connectivity index (χ4v) is 2.12. The van der Waals surface area contributed by atoms with Gasteiger partial charge in [-0.1, -0.05) is 19.1 Å². The lowest BCUT2D eigenvalue weighted by Crippen LogP contribution is -2.34. The number of hydrogen-bond donors (Lipinski definition) is 1. The molecule has 16 heavy (non-hydrogen) atoms. The molecule has 0 saturated carbocycles. The van der Waals surface area contributed by atoms with Gasteiger partial charge in [0, 0.05) is 17.8 Å². The Hall–Kier alpha value is -1.02. The zero-order valence-corrected chi connectivity index (χ0v) is 10.9. The molecule has 0 amide bonds. The van der Waals surface area contributed by atoms with Gasteiger partial charge in [-0.05, 0) is 51.4 Å². The lowest BCUT2D eigenvalue weighted by molar-refractivity contribution is 0.165. The van der Waals surface area contributed by atoms with Gasteiger partial charge in [0.05, 0.1) is 0 Å². The summed E-state index contributed by atoms with van der Waals surface area (Å²) in [4.78, 5) is 2.52. The molecule has 0 bridgehead atoms. The summed E-state index contributed by atoms with van der Waals surface area (Å²) >= 11 is 0. The Balaban J connectivity index is 2.81. The van der Waals surface area contributed by atoms with Gasteiger partial charge in [-0.3, -0.25) is 4.90 Å². The van der Waals surface area contributed by atoms with E-state index in [1.165, 1.54) is 12.0 Å². The van der Waals surface area contributed by atoms with Crippen LogP contribution >= 0.6 is 0 Å². The highest BCUT2D eigenvalue weighted by atomic mass is 15.2. The summed E-state index contributed by atoms with van der Waals surface area (Å²) in [6, 6.07) is 9.26. The van der Waals surface area contributed by atoms with Crippen molar-refractivity contribution in [2.45, 2.75) is 46.2 Å². The third-order valence-electron chi connectivity index (χ3n) is 3.06. The first-order valence-electron chi connectivity index (χ1n) is 6.17. The summed E-state index contributed by atoms with van der Waals surface area (Å²) in [5, 5.41) is 0. The maximum Gasteiger partial charge on any atom is 0.0322 e. The Labute approximate surface area is 99.5 Å². The average molecular weight is 220 g/mol. The van der Waals surface area contributed by atoms with Crippen LogP contribution in [0, 0.1) is 0 Å². The molecule has 1 aromatic rings. The maximum absolute atomic E-state index is 5.71. The first kappa shape index (κ1) is 13.0. The Morgan fingerprint density at radius 1 is 1.12 bits per heavy atom. The van der Waals surface area contributed by atoms with Crippen LogP contribution in [0.2, 0.25) is 0 Å². The summed E-state index contributed by atoms with van der Waals surface area (Å²) in [6.07, 6.45) is 1.19. The van der Waals surface area contributed by atoms with Crippen LogP contribution in [0.3, 0.4) is 0 Å². The van der Waals surface area contributed by atoms with Gasteiger partial charge in [0.25, 0.3) is 0 Å². The minimum Gasteiger partial charge on any atom is -0.399 e. The first-order valence-corrected chi connectivity index (χ1v) is 6.17. The minimum absolute atomic E-state index is 0.459. The lowest BCUT2D eigenvalue weighted by Gasteiger charge is -2.32. The van der Waals surface area contributed by atoms with Gasteiger partial charge in [-0.15, -0.1) is 0 Å². The van der Waals surface area contributed by atoms with Crippen molar-refractivity contribution in [1.29, 1.82) is 0 Å². The normalized spacial score (nSPS) is 13.4. The Kier molecular flexibility index (Phi) is 4.81. The van der Waals surface area contributed by atoms with Crippen molar-refractivity contribution in [1.82, 2.24) is 4.90 Å². The van der Waals surface area contributed by atoms with Crippen LogP contribution < -0.4 is 5.73 Å². The number of nitrogens with two attached hydrogens (primary N) is 1. The van der Waals surface area contributed by atoms with Crippen molar-refractivity contribution >= 4 is 5.69 Å². The molecule has 0 saturated heterocycles. The van der Waals surface area contributed by atoms with Crippen molar-refractivity contribution < 1.29 is 0 Å². The van der Waals surface area contributed by atoms with Gasteiger partial charge in [-0.2, -0.15) is 0 Å². The van der Waals surface area contributed by atoms with Crippen LogP contribution in [0.4, 0.5) is 5.69 Å². The Bertz CT molecular complexity index is 303. The fraction of sp³-hybridized carbons (Fsp3) is 0.571. The highest BCUT2D eigenvalue weighted by molar-refractivity contribution is 5.40. The number of hydrogen-bond acceptors (Lipinski definition) is 2. The topological polar surface area (TPSA) is 29.3 Å². The summed E-state index contributed by atoms with van der Waals surface area (Å²) < 4.78 is 0. The van der Waals surface area contributed by atoms with Gasteiger partial charge >= 0.3 is 0 Å². The third-order valence-corrected chi connectivity index (χ3v) is 3.06. The van der Waals surface area contributed by atoms with Crippen LogP contribution in [0.15, 0.2) is 24.3 Å². The minimum atomic E-state index is 0.459. The predicted octanol–water partition coefficient (Wildman–Crippen LogP) is 3.45. The van der Waals surface area contributed by atoms with Crippen molar-refractivity contribution in [3.05, 3.63) is 29.8 Å². The molecule has 1 atom stereocenters. The predicted molar refractivity (Wildman–Crippen MR) is 71.4 cm³/mol. The van der Waals surface area contributed by atoms with Gasteiger partial charge in [0.1, 0.15) is 0 Å². The van der Waals surface area contributed by atoms with Crippen molar-refractivity contribution in [3.8, 4) is 0 Å². The van der Waals surface area contributed by atoms with E-state index < -0.39 is 0 Å². The first-order chi connectivity index (χ1) is 7.56. The molecule has 0 aliphatic rings. The number of nitrogens with zero attached hydrogens (tertiary/aromatic N) is 1. The summed E-state index contributed by atoms with van der Waals surface area (Å²) in [6.45, 7) is 10.1. The van der Waals surface area contributed by atoms with E-state index in [-0.39, 0.29) is 0 Å². The molecule has 0 spiro atoms. The van der Waals surface area contributed by atoms with Crippen molar-refractivity contribution in [2.24, 2.45) is 0 Å². The van der Waals surface area contributed by atoms with Crippen molar-refractivity contribution in [3.63, 3.8) is 0 Å². The highest BCUT2D eigenvalue weighted by Gasteiger charge is 2.17. The molecule has 1 aromatic carbocycles. The molecule has 90 valence electrons. The van der Waals surface area contributed by atoms with Crippen LogP contribution in [0.1, 0.15) is 45.7 Å². The smallest absolute Gasteiger partial charge is 0.0322 e. The van der Waals surface area contributed by atoms with Crippen LogP contribution in [0.25, 0.3) is 0 Å². The molecule has 1 rings (SSSR count). The fourth-order valence-electron chi connectivity index (χ4n) is 2.12. The number of benzene rings is 1. The van der Waals surface area contributed by atoms with E-state index in [0.29, 0.717) is 12.1 Å². The summed E-state index contributed by atoms with van der Waals surface area (Å²) in [5.74, 6) is 0.